The Labute approximate surface area is 293 Å². The summed E-state index contributed by atoms with van der Waals surface area (Å²) in [5.74, 6) is -2.81. The maximum absolute atomic E-state index is 14.7. The number of hydrogen-bond donors (Lipinski definition) is 4. The third-order valence-corrected chi connectivity index (χ3v) is 13.2. The van der Waals surface area contributed by atoms with Crippen molar-refractivity contribution in [2.75, 3.05) is 25.9 Å². The van der Waals surface area contributed by atoms with Gasteiger partial charge in [-0.2, -0.15) is 0 Å². The van der Waals surface area contributed by atoms with Crippen molar-refractivity contribution in [1.29, 1.82) is 0 Å². The predicted molar refractivity (Wildman–Crippen MR) is 189 cm³/mol. The minimum absolute atomic E-state index is 0.0365. The first-order chi connectivity index (χ1) is 22.7. The zero-order valence-electron chi connectivity index (χ0n) is 31.0. The Morgan fingerprint density at radius 2 is 1.57 bits per heavy atom. The van der Waals surface area contributed by atoms with Crippen LogP contribution in [-0.4, -0.2) is 97.2 Å². The summed E-state index contributed by atoms with van der Waals surface area (Å²) in [6.45, 7) is 13.7. The number of nitrogens with zero attached hydrogens (tertiary/aromatic N) is 2. The van der Waals surface area contributed by atoms with E-state index in [1.54, 1.807) is 11.8 Å². The van der Waals surface area contributed by atoms with E-state index in [9.17, 15) is 32.4 Å². The molecule has 0 aromatic carbocycles. The molecule has 0 aromatic heterocycles. The Balaban J connectivity index is 1.91. The first kappa shape index (κ1) is 40.7. The topological polar surface area (TPSA) is 188 Å². The molecule has 5 N–H and O–H groups in total. The summed E-state index contributed by atoms with van der Waals surface area (Å²) in [5.41, 5.74) is 4.27. The van der Waals surface area contributed by atoms with Crippen LogP contribution in [-0.2, 0) is 29.2 Å². The molecule has 3 fully saturated rings. The summed E-state index contributed by atoms with van der Waals surface area (Å²) >= 11 is 0. The Bertz CT molecular complexity index is 1320. The van der Waals surface area contributed by atoms with E-state index in [-0.39, 0.29) is 36.0 Å². The molecule has 0 bridgehead atoms. The van der Waals surface area contributed by atoms with Crippen LogP contribution in [0.3, 0.4) is 0 Å². The van der Waals surface area contributed by atoms with E-state index < -0.39 is 68.6 Å². The van der Waals surface area contributed by atoms with E-state index in [0.29, 0.717) is 32.2 Å². The van der Waals surface area contributed by atoms with Gasteiger partial charge in [0.05, 0.1) is 11.8 Å². The largest absolute Gasteiger partial charge is 0.363 e. The number of sulfonamides is 1. The Hall–Kier alpha value is -2.74. The molecule has 1 aliphatic heterocycles. The first-order valence-corrected chi connectivity index (χ1v) is 19.8. The lowest BCUT2D eigenvalue weighted by atomic mass is 9.70. The van der Waals surface area contributed by atoms with Crippen LogP contribution in [0.5, 0.6) is 0 Å². The lowest BCUT2D eigenvalue weighted by Crippen LogP contribution is -2.63. The van der Waals surface area contributed by atoms with E-state index in [0.717, 1.165) is 38.5 Å². The highest BCUT2D eigenvalue weighted by Gasteiger charge is 2.50. The second-order valence-electron chi connectivity index (χ2n) is 16.4. The maximum atomic E-state index is 14.7. The number of nitrogens with two attached hydrogens (primary N) is 1. The molecular formula is C35H62N6O7S. The number of likely N-dealkylation sites (tertiary alicyclic amines) is 1. The fourth-order valence-electron chi connectivity index (χ4n) is 7.63. The van der Waals surface area contributed by atoms with Crippen LogP contribution in [0.25, 0.3) is 0 Å². The van der Waals surface area contributed by atoms with Crippen LogP contribution < -0.4 is 21.7 Å². The lowest BCUT2D eigenvalue weighted by molar-refractivity contribution is -0.145. The molecule has 14 heteroatoms. The van der Waals surface area contributed by atoms with Gasteiger partial charge in [-0.3, -0.25) is 19.2 Å². The number of primary amides is 1. The third-order valence-electron chi connectivity index (χ3n) is 11.4. The molecule has 2 saturated carbocycles. The van der Waals surface area contributed by atoms with Gasteiger partial charge in [0, 0.05) is 26.2 Å². The molecule has 280 valence electrons. The summed E-state index contributed by atoms with van der Waals surface area (Å²) in [4.78, 5) is 68.9. The van der Waals surface area contributed by atoms with Gasteiger partial charge in [0.25, 0.3) is 5.91 Å². The molecule has 0 spiro atoms. The second-order valence-corrected chi connectivity index (χ2v) is 18.7. The SMILES string of the molecule is CCS(=O)(=O)N(C)C[C@@H](NC(=O)N[C@H](C(=O)N1CCC(C(C)C)[C@H]1C(=O)NC(CC1CCC1)C(=O)C(N)=O)C1(C)CCCCC1)C(C)(C)C. The molecule has 1 saturated heterocycles. The summed E-state index contributed by atoms with van der Waals surface area (Å²) in [6, 6.07) is -4.06. The molecule has 5 atom stereocenters. The number of Topliss-reactive ketones (excluding diaryl/α,β-unsaturated/α-hetero) is 1. The number of hydrogen-bond acceptors (Lipinski definition) is 7. The second kappa shape index (κ2) is 16.5. The van der Waals surface area contributed by atoms with Crippen LogP contribution in [0.1, 0.15) is 113 Å². The average Bonchev–Trinajstić information content (AvgIpc) is 3.45. The molecule has 49 heavy (non-hydrogen) atoms. The molecular weight excluding hydrogens is 648 g/mol. The molecule has 2 aliphatic carbocycles. The molecule has 0 radical (unpaired) electrons. The van der Waals surface area contributed by atoms with Crippen LogP contribution in [0.2, 0.25) is 0 Å². The minimum atomic E-state index is -3.50. The van der Waals surface area contributed by atoms with Gasteiger partial charge in [0.2, 0.25) is 27.6 Å². The smallest absolute Gasteiger partial charge is 0.315 e. The Morgan fingerprint density at radius 1 is 0.959 bits per heavy atom. The van der Waals surface area contributed by atoms with Gasteiger partial charge in [0.15, 0.2) is 0 Å². The molecule has 3 rings (SSSR count). The zero-order valence-corrected chi connectivity index (χ0v) is 31.8. The summed E-state index contributed by atoms with van der Waals surface area (Å²) in [5, 5.41) is 8.78. The summed E-state index contributed by atoms with van der Waals surface area (Å²) in [7, 11) is -2.01. The Morgan fingerprint density at radius 3 is 2.06 bits per heavy atom. The standard InChI is InChI=1S/C35H62N6O7S/c1-9-49(47,48)40(8)21-26(34(4,5)6)38-33(46)39-29(35(7)17-11-10-12-18-35)32(45)41-19-16-24(22(2)3)27(41)31(44)37-25(28(42)30(36)43)20-23-14-13-15-23/h22-27,29H,9-21H2,1-8H3,(H2,36,43)(H,37,44)(H2,38,39,46)/t24?,25?,26-,27+,29-/m1/s1. The first-order valence-electron chi connectivity index (χ1n) is 18.2. The van der Waals surface area contributed by atoms with Gasteiger partial charge in [-0.15, -0.1) is 0 Å². The zero-order chi connectivity index (χ0) is 36.9. The highest BCUT2D eigenvalue weighted by molar-refractivity contribution is 7.89. The van der Waals surface area contributed by atoms with E-state index >= 15 is 0 Å². The lowest BCUT2D eigenvalue weighted by Gasteiger charge is -2.43. The van der Waals surface area contributed by atoms with E-state index in [4.69, 9.17) is 5.73 Å². The molecule has 1 heterocycles. The van der Waals surface area contributed by atoms with Crippen LogP contribution >= 0.6 is 0 Å². The number of urea groups is 1. The fraction of sp³-hybridized carbons (Fsp3) is 0.857. The van der Waals surface area contributed by atoms with Crippen LogP contribution in [0.4, 0.5) is 4.79 Å². The van der Waals surface area contributed by atoms with Crippen LogP contribution in [0, 0.1) is 28.6 Å². The van der Waals surface area contributed by atoms with Crippen molar-refractivity contribution in [2.24, 2.45) is 34.3 Å². The summed E-state index contributed by atoms with van der Waals surface area (Å²) in [6.07, 6.45) is 7.97. The number of carbonyl (C=O) groups is 5. The van der Waals surface area contributed by atoms with Gasteiger partial charge >= 0.3 is 6.03 Å². The van der Waals surface area contributed by atoms with Crippen molar-refractivity contribution in [3.8, 4) is 0 Å². The van der Waals surface area contributed by atoms with Crippen molar-refractivity contribution in [3.63, 3.8) is 0 Å². The monoisotopic (exact) mass is 710 g/mol. The number of nitrogens with one attached hydrogen (secondary N) is 3. The van der Waals surface area contributed by atoms with Gasteiger partial charge in [0.1, 0.15) is 12.1 Å². The van der Waals surface area contributed by atoms with Crippen molar-refractivity contribution in [3.05, 3.63) is 0 Å². The predicted octanol–water partition coefficient (Wildman–Crippen LogP) is 2.92. The molecule has 3 aliphatic rings. The third kappa shape index (κ3) is 10.2. The molecule has 0 aromatic rings. The van der Waals surface area contributed by atoms with Crippen LogP contribution in [0.15, 0.2) is 0 Å². The molecule has 2 unspecified atom stereocenters. The van der Waals surface area contributed by atoms with E-state index in [2.05, 4.69) is 16.0 Å². The quantitative estimate of drug-likeness (QED) is 0.188. The fourth-order valence-corrected chi connectivity index (χ4v) is 8.44. The number of amides is 5. The van der Waals surface area contributed by atoms with Gasteiger partial charge in [-0.1, -0.05) is 80.1 Å². The van der Waals surface area contributed by atoms with E-state index in [1.165, 1.54) is 11.4 Å². The number of ketones is 1. The highest BCUT2D eigenvalue weighted by Crippen LogP contribution is 2.41. The van der Waals surface area contributed by atoms with Crippen molar-refractivity contribution in [1.82, 2.24) is 25.2 Å². The minimum Gasteiger partial charge on any atom is -0.363 e. The van der Waals surface area contributed by atoms with Crippen molar-refractivity contribution in [2.45, 2.75) is 137 Å². The molecule has 5 amide bonds. The average molecular weight is 711 g/mol. The Kier molecular flexibility index (Phi) is 13.7. The number of carbonyl (C=O) groups excluding carboxylic acids is 5. The normalized spacial score (nSPS) is 23.3. The molecule has 13 nitrogen and oxygen atoms in total. The highest BCUT2D eigenvalue weighted by atomic mass is 32.2. The van der Waals surface area contributed by atoms with Crippen molar-refractivity contribution < 1.29 is 32.4 Å². The van der Waals surface area contributed by atoms with E-state index in [1.807, 2.05) is 41.5 Å². The van der Waals surface area contributed by atoms with Gasteiger partial charge in [-0.05, 0) is 61.2 Å². The van der Waals surface area contributed by atoms with Gasteiger partial charge < -0.3 is 26.6 Å². The number of rotatable bonds is 15. The summed E-state index contributed by atoms with van der Waals surface area (Å²) < 4.78 is 26.3. The number of likely N-dealkylation sites (N-methyl/N-ethyl adjacent to an activating group) is 1. The maximum Gasteiger partial charge on any atom is 0.315 e. The van der Waals surface area contributed by atoms with Gasteiger partial charge in [-0.25, -0.2) is 17.5 Å². The van der Waals surface area contributed by atoms with Crippen molar-refractivity contribution >= 4 is 39.6 Å².